The smallest absolute Gasteiger partial charge is 0.281 e. The molecule has 27 heavy (non-hydrogen) atoms. The van der Waals surface area contributed by atoms with Crippen LogP contribution in [0.3, 0.4) is 0 Å². The van der Waals surface area contributed by atoms with E-state index in [9.17, 15) is 13.2 Å². The highest BCUT2D eigenvalue weighted by molar-refractivity contribution is 7.86. The van der Waals surface area contributed by atoms with Crippen LogP contribution in [-0.4, -0.2) is 70.5 Å². The molecule has 0 radical (unpaired) electrons. The van der Waals surface area contributed by atoms with Crippen LogP contribution in [0.1, 0.15) is 56.6 Å². The Hall–Kier alpha value is -1.58. The molecule has 1 fully saturated rings. The van der Waals surface area contributed by atoms with E-state index < -0.39 is 10.2 Å². The summed E-state index contributed by atoms with van der Waals surface area (Å²) >= 11 is 0. The molecule has 8 nitrogen and oxygen atoms in total. The molecule has 1 aromatic heterocycles. The summed E-state index contributed by atoms with van der Waals surface area (Å²) in [6.45, 7) is 8.56. The van der Waals surface area contributed by atoms with Crippen molar-refractivity contribution in [2.75, 3.05) is 32.7 Å². The van der Waals surface area contributed by atoms with Gasteiger partial charge >= 0.3 is 0 Å². The summed E-state index contributed by atoms with van der Waals surface area (Å²) in [6, 6.07) is 0. The number of amides is 1. The molecule has 0 saturated carbocycles. The first-order valence-electron chi connectivity index (χ1n) is 9.72. The SMILES string of the molecule is CCN(CC)S(=O)(=O)N1CCC(c2ncc3c(n2)CCN(C(C)=O)C3)CC1. The zero-order valence-corrected chi connectivity index (χ0v) is 17.2. The van der Waals surface area contributed by atoms with Crippen LogP contribution in [0.25, 0.3) is 0 Å². The van der Waals surface area contributed by atoms with Gasteiger partial charge in [-0.1, -0.05) is 13.8 Å². The topological polar surface area (TPSA) is 86.7 Å². The fourth-order valence-electron chi connectivity index (χ4n) is 3.85. The molecule has 0 N–H and O–H groups in total. The molecule has 2 aliphatic heterocycles. The quantitative estimate of drug-likeness (QED) is 0.746. The van der Waals surface area contributed by atoms with Crippen molar-refractivity contribution in [3.8, 4) is 0 Å². The normalized spacial score (nSPS) is 19.3. The lowest BCUT2D eigenvalue weighted by molar-refractivity contribution is -0.129. The Morgan fingerprint density at radius 2 is 1.89 bits per heavy atom. The lowest BCUT2D eigenvalue weighted by Gasteiger charge is -2.34. The Morgan fingerprint density at radius 1 is 1.22 bits per heavy atom. The lowest BCUT2D eigenvalue weighted by atomic mass is 9.96. The maximum atomic E-state index is 12.7. The van der Waals surface area contributed by atoms with Crippen LogP contribution in [0, 0.1) is 0 Å². The first-order valence-corrected chi connectivity index (χ1v) is 11.1. The third-order valence-electron chi connectivity index (χ3n) is 5.57. The molecular formula is C18H29N5O3S. The van der Waals surface area contributed by atoms with Crippen molar-refractivity contribution >= 4 is 16.1 Å². The summed E-state index contributed by atoms with van der Waals surface area (Å²) < 4.78 is 28.4. The van der Waals surface area contributed by atoms with Crippen molar-refractivity contribution in [1.82, 2.24) is 23.5 Å². The molecule has 0 spiro atoms. The van der Waals surface area contributed by atoms with Crippen LogP contribution in [0.15, 0.2) is 6.20 Å². The molecule has 1 amide bonds. The molecule has 2 aliphatic rings. The van der Waals surface area contributed by atoms with Gasteiger partial charge in [-0.3, -0.25) is 4.79 Å². The van der Waals surface area contributed by atoms with Crippen LogP contribution in [0.4, 0.5) is 0 Å². The van der Waals surface area contributed by atoms with Gasteiger partial charge in [0.15, 0.2) is 0 Å². The average Bonchev–Trinajstić information content (AvgIpc) is 2.68. The van der Waals surface area contributed by atoms with Gasteiger partial charge in [0.2, 0.25) is 5.91 Å². The Bertz CT molecular complexity index is 786. The predicted octanol–water partition coefficient (Wildman–Crippen LogP) is 1.15. The third kappa shape index (κ3) is 4.14. The third-order valence-corrected chi connectivity index (χ3v) is 7.76. The molecule has 1 aromatic rings. The molecule has 9 heteroatoms. The van der Waals surface area contributed by atoms with Crippen molar-refractivity contribution in [3.63, 3.8) is 0 Å². The van der Waals surface area contributed by atoms with E-state index in [0.717, 1.165) is 36.3 Å². The number of hydrogen-bond acceptors (Lipinski definition) is 5. The van der Waals surface area contributed by atoms with E-state index in [2.05, 4.69) is 4.98 Å². The Balaban J connectivity index is 1.66. The van der Waals surface area contributed by atoms with Gasteiger partial charge in [0.1, 0.15) is 5.82 Å². The fraction of sp³-hybridized carbons (Fsp3) is 0.722. The number of nitrogens with zero attached hydrogens (tertiary/aromatic N) is 5. The van der Waals surface area contributed by atoms with Crippen molar-refractivity contribution in [1.29, 1.82) is 0 Å². The average molecular weight is 396 g/mol. The minimum absolute atomic E-state index is 0.0755. The highest BCUT2D eigenvalue weighted by atomic mass is 32.2. The lowest BCUT2D eigenvalue weighted by Crippen LogP contribution is -2.46. The van der Waals surface area contributed by atoms with E-state index in [0.29, 0.717) is 39.3 Å². The van der Waals surface area contributed by atoms with Gasteiger partial charge in [0.05, 0.1) is 5.69 Å². The van der Waals surface area contributed by atoms with Gasteiger partial charge in [-0.2, -0.15) is 17.0 Å². The van der Waals surface area contributed by atoms with Crippen LogP contribution < -0.4 is 0 Å². The van der Waals surface area contributed by atoms with Crippen LogP contribution >= 0.6 is 0 Å². The molecule has 150 valence electrons. The summed E-state index contributed by atoms with van der Waals surface area (Å²) in [5, 5.41) is 0. The van der Waals surface area contributed by atoms with E-state index in [1.807, 2.05) is 24.9 Å². The second-order valence-corrected chi connectivity index (χ2v) is 9.08. The van der Waals surface area contributed by atoms with Crippen LogP contribution in [0.2, 0.25) is 0 Å². The van der Waals surface area contributed by atoms with E-state index in [1.54, 1.807) is 11.2 Å². The summed E-state index contributed by atoms with van der Waals surface area (Å²) in [4.78, 5) is 22.7. The maximum Gasteiger partial charge on any atom is 0.281 e. The molecule has 0 bridgehead atoms. The van der Waals surface area contributed by atoms with E-state index >= 15 is 0 Å². The van der Waals surface area contributed by atoms with Gasteiger partial charge < -0.3 is 4.90 Å². The zero-order valence-electron chi connectivity index (χ0n) is 16.4. The molecule has 0 aromatic carbocycles. The van der Waals surface area contributed by atoms with Gasteiger partial charge in [-0.25, -0.2) is 9.97 Å². The van der Waals surface area contributed by atoms with Gasteiger partial charge in [0.25, 0.3) is 10.2 Å². The number of piperidine rings is 1. The van der Waals surface area contributed by atoms with E-state index in [4.69, 9.17) is 4.98 Å². The predicted molar refractivity (Wildman–Crippen MR) is 102 cm³/mol. The largest absolute Gasteiger partial charge is 0.338 e. The first kappa shape index (κ1) is 20.2. The number of carbonyl (C=O) groups is 1. The van der Waals surface area contributed by atoms with Crippen LogP contribution in [0.5, 0.6) is 0 Å². The molecule has 0 aliphatic carbocycles. The van der Waals surface area contributed by atoms with Gasteiger partial charge in [0, 0.05) is 70.3 Å². The minimum Gasteiger partial charge on any atom is -0.338 e. The highest BCUT2D eigenvalue weighted by Crippen LogP contribution is 2.29. The van der Waals surface area contributed by atoms with Crippen molar-refractivity contribution in [2.24, 2.45) is 0 Å². The second-order valence-electron chi connectivity index (χ2n) is 7.16. The Kier molecular flexibility index (Phi) is 6.12. The molecule has 0 unspecified atom stereocenters. The second kappa shape index (κ2) is 8.20. The Labute approximate surface area is 161 Å². The minimum atomic E-state index is -3.37. The van der Waals surface area contributed by atoms with Crippen molar-refractivity contribution in [3.05, 3.63) is 23.3 Å². The molecule has 3 heterocycles. The molecule has 3 rings (SSSR count). The number of fused-ring (bicyclic) bond motifs is 1. The summed E-state index contributed by atoms with van der Waals surface area (Å²) in [5.41, 5.74) is 2.04. The molecular weight excluding hydrogens is 366 g/mol. The van der Waals surface area contributed by atoms with E-state index in [-0.39, 0.29) is 11.8 Å². The standard InChI is InChI=1S/C18H29N5O3S/c1-4-22(5-2)27(25,26)23-10-6-15(7-11-23)18-19-12-16-13-21(14(3)24)9-8-17(16)20-18/h12,15H,4-11,13H2,1-3H3. The summed E-state index contributed by atoms with van der Waals surface area (Å²) in [5.74, 6) is 1.07. The van der Waals surface area contributed by atoms with Gasteiger partial charge in [-0.15, -0.1) is 0 Å². The number of aromatic nitrogens is 2. The van der Waals surface area contributed by atoms with Crippen molar-refractivity contribution in [2.45, 2.75) is 52.5 Å². The number of hydrogen-bond donors (Lipinski definition) is 0. The highest BCUT2D eigenvalue weighted by Gasteiger charge is 2.33. The van der Waals surface area contributed by atoms with Crippen LogP contribution in [-0.2, 0) is 28.0 Å². The monoisotopic (exact) mass is 395 g/mol. The maximum absolute atomic E-state index is 12.7. The first-order chi connectivity index (χ1) is 12.9. The Morgan fingerprint density at radius 3 is 2.48 bits per heavy atom. The summed E-state index contributed by atoms with van der Waals surface area (Å²) in [7, 11) is -3.37. The van der Waals surface area contributed by atoms with Crippen molar-refractivity contribution < 1.29 is 13.2 Å². The number of carbonyl (C=O) groups excluding carboxylic acids is 1. The molecule has 0 atom stereocenters. The fourth-order valence-corrected chi connectivity index (χ4v) is 5.51. The van der Waals surface area contributed by atoms with Gasteiger partial charge in [-0.05, 0) is 12.8 Å². The zero-order chi connectivity index (χ0) is 19.6. The molecule has 1 saturated heterocycles. The summed E-state index contributed by atoms with van der Waals surface area (Å²) in [6.07, 6.45) is 4.06. The van der Waals surface area contributed by atoms with E-state index in [1.165, 1.54) is 4.31 Å². The number of rotatable bonds is 5.